The van der Waals surface area contributed by atoms with Gasteiger partial charge in [0.1, 0.15) is 5.82 Å². The number of aromatic nitrogens is 1. The van der Waals surface area contributed by atoms with E-state index in [2.05, 4.69) is 64.8 Å². The number of carbonyl (C=O) groups excluding carboxylic acids is 1. The Kier molecular flexibility index (Phi) is 4.97. The number of aryl methyl sites for hydroxylation is 1. The fourth-order valence-electron chi connectivity index (χ4n) is 1.46. The number of pyridine rings is 1. The second kappa shape index (κ2) is 6.32. The fraction of sp³-hybridized carbons (Fsp3) is 0.0769. The topological polar surface area (TPSA) is 42.0 Å². The van der Waals surface area contributed by atoms with Gasteiger partial charge in [0, 0.05) is 18.7 Å². The normalized spacial score (nSPS) is 10.3. The average Bonchev–Trinajstić information content (AvgIpc) is 2.36. The molecule has 0 radical (unpaired) electrons. The van der Waals surface area contributed by atoms with E-state index in [1.54, 1.807) is 12.3 Å². The third-order valence-electron chi connectivity index (χ3n) is 2.46. The van der Waals surface area contributed by atoms with E-state index in [1.165, 1.54) is 0 Å². The number of nitrogens with zero attached hydrogens (tertiary/aromatic N) is 1. The molecular weight excluding hydrogens is 487 g/mol. The highest BCUT2D eigenvalue weighted by Crippen LogP contribution is 2.21. The van der Waals surface area contributed by atoms with Crippen molar-refractivity contribution in [2.24, 2.45) is 0 Å². The molecule has 0 saturated heterocycles. The van der Waals surface area contributed by atoms with Gasteiger partial charge in [-0.3, -0.25) is 4.79 Å². The summed E-state index contributed by atoms with van der Waals surface area (Å²) in [6, 6.07) is 7.41. The molecule has 0 atom stereocenters. The Balaban J connectivity index is 2.25. The Morgan fingerprint density at radius 3 is 2.74 bits per heavy atom. The summed E-state index contributed by atoms with van der Waals surface area (Å²) in [5.41, 5.74) is 1.64. The Bertz CT molecular complexity index is 647. The molecular formula is C13H9Br2IN2O. The van der Waals surface area contributed by atoms with Gasteiger partial charge in [0.05, 0.1) is 5.56 Å². The molecule has 1 N–H and O–H groups in total. The molecule has 0 aliphatic heterocycles. The molecule has 0 bridgehead atoms. The number of carbonyl (C=O) groups is 1. The van der Waals surface area contributed by atoms with Crippen molar-refractivity contribution in [3.63, 3.8) is 0 Å². The molecule has 0 unspecified atom stereocenters. The maximum Gasteiger partial charge on any atom is 0.257 e. The van der Waals surface area contributed by atoms with Crippen molar-refractivity contribution >= 4 is 66.2 Å². The SMILES string of the molecule is Cc1cc(NC(=O)c2cc(Br)ccc2I)ncc1Br. The van der Waals surface area contributed by atoms with Crippen LogP contribution < -0.4 is 5.32 Å². The fourth-order valence-corrected chi connectivity index (χ4v) is 2.62. The lowest BCUT2D eigenvalue weighted by Gasteiger charge is -2.08. The van der Waals surface area contributed by atoms with Gasteiger partial charge >= 0.3 is 0 Å². The zero-order valence-corrected chi connectivity index (χ0v) is 15.2. The van der Waals surface area contributed by atoms with Crippen LogP contribution in [0.1, 0.15) is 15.9 Å². The van der Waals surface area contributed by atoms with Gasteiger partial charge in [-0.1, -0.05) is 15.9 Å². The number of amides is 1. The third-order valence-corrected chi connectivity index (χ3v) is 4.73. The number of hydrogen-bond acceptors (Lipinski definition) is 2. The zero-order valence-electron chi connectivity index (χ0n) is 9.88. The van der Waals surface area contributed by atoms with Gasteiger partial charge in [0.2, 0.25) is 0 Å². The highest BCUT2D eigenvalue weighted by molar-refractivity contribution is 14.1. The quantitative estimate of drug-likeness (QED) is 0.610. The lowest BCUT2D eigenvalue weighted by Crippen LogP contribution is -2.14. The van der Waals surface area contributed by atoms with Gasteiger partial charge in [-0.2, -0.15) is 0 Å². The first kappa shape index (κ1) is 14.9. The number of nitrogens with one attached hydrogen (secondary N) is 1. The van der Waals surface area contributed by atoms with Crippen LogP contribution in [0.2, 0.25) is 0 Å². The minimum atomic E-state index is -0.167. The Labute approximate surface area is 141 Å². The van der Waals surface area contributed by atoms with E-state index in [-0.39, 0.29) is 5.91 Å². The van der Waals surface area contributed by atoms with E-state index in [1.807, 2.05) is 25.1 Å². The van der Waals surface area contributed by atoms with Gasteiger partial charge in [-0.05, 0) is 75.3 Å². The van der Waals surface area contributed by atoms with Crippen LogP contribution in [0.15, 0.2) is 39.4 Å². The van der Waals surface area contributed by atoms with E-state index < -0.39 is 0 Å². The van der Waals surface area contributed by atoms with Crippen LogP contribution in [-0.2, 0) is 0 Å². The Hall–Kier alpha value is -0.470. The van der Waals surface area contributed by atoms with Crippen molar-refractivity contribution in [3.8, 4) is 0 Å². The predicted octanol–water partition coefficient (Wildman–Crippen LogP) is 4.77. The molecule has 0 fully saturated rings. The number of anilines is 1. The number of hydrogen-bond donors (Lipinski definition) is 1. The van der Waals surface area contributed by atoms with E-state index in [9.17, 15) is 4.79 Å². The number of benzene rings is 1. The van der Waals surface area contributed by atoms with Gasteiger partial charge in [-0.15, -0.1) is 0 Å². The van der Waals surface area contributed by atoms with Crippen LogP contribution in [0, 0.1) is 10.5 Å². The molecule has 1 aromatic carbocycles. The minimum absolute atomic E-state index is 0.167. The molecule has 0 aliphatic rings. The average molecular weight is 496 g/mol. The maximum absolute atomic E-state index is 12.2. The molecule has 0 spiro atoms. The second-order valence-electron chi connectivity index (χ2n) is 3.90. The summed E-state index contributed by atoms with van der Waals surface area (Å²) < 4.78 is 2.69. The number of rotatable bonds is 2. The first-order valence-corrected chi connectivity index (χ1v) is 8.02. The second-order valence-corrected chi connectivity index (χ2v) is 6.83. The van der Waals surface area contributed by atoms with E-state index in [0.717, 1.165) is 18.1 Å². The molecule has 1 aromatic heterocycles. The molecule has 19 heavy (non-hydrogen) atoms. The largest absolute Gasteiger partial charge is 0.307 e. The van der Waals surface area contributed by atoms with Crippen LogP contribution in [0.3, 0.4) is 0 Å². The minimum Gasteiger partial charge on any atom is -0.307 e. The van der Waals surface area contributed by atoms with E-state index in [4.69, 9.17) is 0 Å². The number of halogens is 3. The molecule has 0 saturated carbocycles. The molecule has 6 heteroatoms. The Morgan fingerprint density at radius 1 is 1.32 bits per heavy atom. The van der Waals surface area contributed by atoms with Gasteiger partial charge in [0.25, 0.3) is 5.91 Å². The van der Waals surface area contributed by atoms with Gasteiger partial charge < -0.3 is 5.32 Å². The lowest BCUT2D eigenvalue weighted by molar-refractivity contribution is 0.102. The predicted molar refractivity (Wildman–Crippen MR) is 91.5 cm³/mol. The van der Waals surface area contributed by atoms with Crippen molar-refractivity contribution < 1.29 is 4.79 Å². The molecule has 3 nitrogen and oxygen atoms in total. The van der Waals surface area contributed by atoms with Crippen LogP contribution in [0.4, 0.5) is 5.82 Å². The van der Waals surface area contributed by atoms with Gasteiger partial charge in [-0.25, -0.2) is 4.98 Å². The first-order chi connectivity index (χ1) is 8.97. The highest BCUT2D eigenvalue weighted by Gasteiger charge is 2.11. The molecule has 1 amide bonds. The highest BCUT2D eigenvalue weighted by atomic mass is 127. The zero-order chi connectivity index (χ0) is 14.0. The van der Waals surface area contributed by atoms with Crippen molar-refractivity contribution in [1.29, 1.82) is 0 Å². The Morgan fingerprint density at radius 2 is 2.05 bits per heavy atom. The summed E-state index contributed by atoms with van der Waals surface area (Å²) in [6.45, 7) is 1.95. The molecule has 1 heterocycles. The van der Waals surface area contributed by atoms with Crippen molar-refractivity contribution in [3.05, 3.63) is 54.1 Å². The van der Waals surface area contributed by atoms with Crippen LogP contribution in [0.25, 0.3) is 0 Å². The van der Waals surface area contributed by atoms with Crippen LogP contribution >= 0.6 is 54.5 Å². The van der Waals surface area contributed by atoms with Gasteiger partial charge in [0.15, 0.2) is 0 Å². The van der Waals surface area contributed by atoms with Crippen molar-refractivity contribution in [1.82, 2.24) is 4.98 Å². The summed E-state index contributed by atoms with van der Waals surface area (Å²) in [6.07, 6.45) is 1.68. The molecule has 0 aliphatic carbocycles. The molecule has 2 aromatic rings. The van der Waals surface area contributed by atoms with Crippen LogP contribution in [0.5, 0.6) is 0 Å². The summed E-state index contributed by atoms with van der Waals surface area (Å²) >= 11 is 8.88. The third kappa shape index (κ3) is 3.76. The van der Waals surface area contributed by atoms with E-state index >= 15 is 0 Å². The lowest BCUT2D eigenvalue weighted by atomic mass is 10.2. The summed E-state index contributed by atoms with van der Waals surface area (Å²) in [5, 5.41) is 2.80. The van der Waals surface area contributed by atoms with Crippen molar-refractivity contribution in [2.45, 2.75) is 6.92 Å². The molecule has 2 rings (SSSR count). The summed E-state index contributed by atoms with van der Waals surface area (Å²) in [4.78, 5) is 16.4. The van der Waals surface area contributed by atoms with Crippen LogP contribution in [-0.4, -0.2) is 10.9 Å². The van der Waals surface area contributed by atoms with Crippen molar-refractivity contribution in [2.75, 3.05) is 5.32 Å². The summed E-state index contributed by atoms with van der Waals surface area (Å²) in [7, 11) is 0. The maximum atomic E-state index is 12.2. The smallest absolute Gasteiger partial charge is 0.257 e. The summed E-state index contributed by atoms with van der Waals surface area (Å²) in [5.74, 6) is 0.376. The molecule has 98 valence electrons. The first-order valence-electron chi connectivity index (χ1n) is 5.36. The standard InChI is InChI=1S/C13H9Br2IN2O/c1-7-4-12(17-6-10(7)15)18-13(19)9-5-8(14)2-3-11(9)16/h2-6H,1H3,(H,17,18,19). The monoisotopic (exact) mass is 494 g/mol. The van der Waals surface area contributed by atoms with E-state index in [0.29, 0.717) is 11.4 Å².